The maximum absolute atomic E-state index is 13.2. The number of carbonyl (C=O) groups excluding carboxylic acids is 1. The molecule has 6 rings (SSSR count). The Morgan fingerprint density at radius 1 is 0.907 bits per heavy atom. The third-order valence-electron chi connectivity index (χ3n) is 7.43. The third kappa shape index (κ3) is 6.36. The summed E-state index contributed by atoms with van der Waals surface area (Å²) in [4.78, 5) is 13.2. The van der Waals surface area contributed by atoms with Crippen molar-refractivity contribution in [3.8, 4) is 34.0 Å². The number of ether oxygens (including phenoxy) is 1. The van der Waals surface area contributed by atoms with Gasteiger partial charge >= 0.3 is 0 Å². The van der Waals surface area contributed by atoms with E-state index in [1.165, 1.54) is 0 Å². The van der Waals surface area contributed by atoms with Gasteiger partial charge in [-0.2, -0.15) is 5.10 Å². The van der Waals surface area contributed by atoms with E-state index in [4.69, 9.17) is 14.4 Å². The van der Waals surface area contributed by atoms with Crippen LogP contribution in [0.4, 0.5) is 0 Å². The molecule has 0 atom stereocenters. The summed E-state index contributed by atoms with van der Waals surface area (Å²) < 4.78 is 13.4. The van der Waals surface area contributed by atoms with Gasteiger partial charge in [-0.25, -0.2) is 4.68 Å². The number of para-hydroxylation sites is 1. The maximum atomic E-state index is 13.2. The third-order valence-corrected chi connectivity index (χ3v) is 7.43. The Morgan fingerprint density at radius 3 is 2.47 bits per heavy atom. The molecule has 43 heavy (non-hydrogen) atoms. The van der Waals surface area contributed by atoms with Crippen LogP contribution >= 0.6 is 0 Å². The highest BCUT2D eigenvalue weighted by molar-refractivity contribution is 5.93. The molecule has 0 bridgehead atoms. The molecule has 7 heteroatoms. The first-order valence-corrected chi connectivity index (χ1v) is 14.6. The average molecular weight is 571 g/mol. The molecular weight excluding hydrogens is 536 g/mol. The quantitative estimate of drug-likeness (QED) is 0.180. The van der Waals surface area contributed by atoms with E-state index in [-0.39, 0.29) is 18.1 Å². The van der Waals surface area contributed by atoms with Gasteiger partial charge in [-0.3, -0.25) is 4.79 Å². The van der Waals surface area contributed by atoms with Crippen LogP contribution in [0.25, 0.3) is 39.0 Å². The summed E-state index contributed by atoms with van der Waals surface area (Å²) in [7, 11) is 0. The van der Waals surface area contributed by atoms with Gasteiger partial charge in [0.2, 0.25) is 0 Å². The Morgan fingerprint density at radius 2 is 1.67 bits per heavy atom. The number of fused-ring (bicyclic) bond motifs is 1. The van der Waals surface area contributed by atoms with Gasteiger partial charge in [0.15, 0.2) is 11.5 Å². The molecule has 4 aromatic carbocycles. The molecule has 0 aliphatic heterocycles. The minimum absolute atomic E-state index is 0.221. The van der Waals surface area contributed by atoms with Crippen molar-refractivity contribution in [2.45, 2.75) is 33.7 Å². The Labute approximate surface area is 251 Å². The predicted octanol–water partition coefficient (Wildman–Crippen LogP) is 8.01. The first-order valence-electron chi connectivity index (χ1n) is 14.6. The van der Waals surface area contributed by atoms with Crippen LogP contribution in [0.3, 0.4) is 0 Å². The normalized spacial score (nSPS) is 11.3. The van der Waals surface area contributed by atoms with Crippen LogP contribution in [0.15, 0.2) is 108 Å². The van der Waals surface area contributed by atoms with Gasteiger partial charge in [-0.1, -0.05) is 73.6 Å². The summed E-state index contributed by atoms with van der Waals surface area (Å²) in [6.45, 7) is 7.37. The smallest absolute Gasteiger partial charge is 0.273 e. The number of nitrogens with one attached hydrogen (secondary N) is 1. The van der Waals surface area contributed by atoms with Crippen molar-refractivity contribution in [2.24, 2.45) is 5.92 Å². The fraction of sp³-hybridized carbons (Fsp3) is 0.194. The van der Waals surface area contributed by atoms with Gasteiger partial charge in [0, 0.05) is 35.5 Å². The molecule has 0 radical (unpaired) electrons. The second-order valence-corrected chi connectivity index (χ2v) is 11.1. The molecule has 0 saturated carbocycles. The minimum atomic E-state index is -0.320. The highest BCUT2D eigenvalue weighted by Gasteiger charge is 2.18. The topological polar surface area (TPSA) is 82.2 Å². The number of carbonyl (C=O) groups is 1. The van der Waals surface area contributed by atoms with E-state index in [1.807, 2.05) is 96.7 Å². The van der Waals surface area contributed by atoms with E-state index in [2.05, 4.69) is 36.5 Å². The highest BCUT2D eigenvalue weighted by Crippen LogP contribution is 2.29. The molecule has 2 heterocycles. The van der Waals surface area contributed by atoms with Crippen molar-refractivity contribution in [1.29, 1.82) is 0 Å². The van der Waals surface area contributed by atoms with Crippen LogP contribution in [0.2, 0.25) is 0 Å². The predicted molar refractivity (Wildman–Crippen MR) is 169 cm³/mol. The summed E-state index contributed by atoms with van der Waals surface area (Å²) in [5.41, 5.74) is 5.68. The van der Waals surface area contributed by atoms with Gasteiger partial charge in [-0.15, -0.1) is 0 Å². The van der Waals surface area contributed by atoms with Crippen molar-refractivity contribution in [2.75, 3.05) is 6.61 Å². The van der Waals surface area contributed by atoms with Gasteiger partial charge in [0.25, 0.3) is 5.91 Å². The van der Waals surface area contributed by atoms with Crippen LogP contribution in [0.1, 0.15) is 41.9 Å². The number of rotatable bonds is 10. The summed E-state index contributed by atoms with van der Waals surface area (Å²) in [6.07, 6.45) is 2.96. The number of benzene rings is 4. The summed E-state index contributed by atoms with van der Waals surface area (Å²) in [5, 5.41) is 14.2. The SMILES string of the molecule is Cc1cc(-c2nn(-c3ccccc3)cc2CNC(=O)c2cc(-c3ccc4ccccc4c3)on2)ccc1OCCC(C)C. The van der Waals surface area contributed by atoms with Gasteiger partial charge < -0.3 is 14.6 Å². The molecule has 1 amide bonds. The zero-order valence-corrected chi connectivity index (χ0v) is 24.6. The molecule has 0 fully saturated rings. The molecule has 7 nitrogen and oxygen atoms in total. The zero-order valence-electron chi connectivity index (χ0n) is 24.6. The fourth-order valence-electron chi connectivity index (χ4n) is 4.99. The lowest BCUT2D eigenvalue weighted by atomic mass is 10.0. The van der Waals surface area contributed by atoms with Crippen LogP contribution in [-0.2, 0) is 6.54 Å². The van der Waals surface area contributed by atoms with Gasteiger partial charge in [0.05, 0.1) is 18.0 Å². The first kappa shape index (κ1) is 28.0. The van der Waals surface area contributed by atoms with Crippen LogP contribution in [0.5, 0.6) is 5.75 Å². The highest BCUT2D eigenvalue weighted by atomic mass is 16.5. The van der Waals surface area contributed by atoms with Crippen molar-refractivity contribution < 1.29 is 14.1 Å². The number of nitrogens with zero attached hydrogens (tertiary/aromatic N) is 3. The number of amides is 1. The molecule has 2 aromatic heterocycles. The van der Waals surface area contributed by atoms with Crippen LogP contribution < -0.4 is 10.1 Å². The second-order valence-electron chi connectivity index (χ2n) is 11.1. The Balaban J connectivity index is 1.22. The molecular formula is C36H34N4O3. The van der Waals surface area contributed by atoms with Crippen molar-refractivity contribution >= 4 is 16.7 Å². The van der Waals surface area contributed by atoms with Crippen LogP contribution in [-0.4, -0.2) is 27.5 Å². The van der Waals surface area contributed by atoms with Gasteiger partial charge in [-0.05, 0) is 72.0 Å². The first-order chi connectivity index (χ1) is 20.9. The number of hydrogen-bond donors (Lipinski definition) is 1. The Bertz CT molecular complexity index is 1870. The van der Waals surface area contributed by atoms with Crippen LogP contribution in [0, 0.1) is 12.8 Å². The summed E-state index contributed by atoms with van der Waals surface area (Å²) >= 11 is 0. The Hall–Kier alpha value is -5.17. The molecule has 0 aliphatic rings. The molecule has 216 valence electrons. The monoisotopic (exact) mass is 570 g/mol. The molecule has 6 aromatic rings. The minimum Gasteiger partial charge on any atom is -0.493 e. The molecule has 0 spiro atoms. The van der Waals surface area contributed by atoms with Crippen molar-refractivity contribution in [3.05, 3.63) is 120 Å². The van der Waals surface area contributed by atoms with E-state index in [9.17, 15) is 4.79 Å². The summed E-state index contributed by atoms with van der Waals surface area (Å²) in [5.74, 6) is 1.68. The van der Waals surface area contributed by atoms with E-state index in [0.29, 0.717) is 18.3 Å². The maximum Gasteiger partial charge on any atom is 0.273 e. The fourth-order valence-corrected chi connectivity index (χ4v) is 4.99. The zero-order chi connectivity index (χ0) is 29.8. The number of aryl methyl sites for hydroxylation is 1. The molecule has 0 aliphatic carbocycles. The lowest BCUT2D eigenvalue weighted by Crippen LogP contribution is -2.23. The Kier molecular flexibility index (Phi) is 8.05. The second kappa shape index (κ2) is 12.4. The summed E-state index contributed by atoms with van der Waals surface area (Å²) in [6, 6.07) is 31.8. The van der Waals surface area contributed by atoms with E-state index in [0.717, 1.165) is 56.6 Å². The van der Waals surface area contributed by atoms with Crippen molar-refractivity contribution in [1.82, 2.24) is 20.3 Å². The number of aromatic nitrogens is 3. The standard InChI is InChI=1S/C36H34N4O3/c1-24(2)17-18-42-33-16-15-29(19-25(33)3)35-30(23-40(38-35)31-11-5-4-6-12-31)22-37-36(41)32-21-34(43-39-32)28-14-13-26-9-7-8-10-27(26)20-28/h4-16,19-21,23-24H,17-18,22H2,1-3H3,(H,37,41). The lowest BCUT2D eigenvalue weighted by molar-refractivity contribution is 0.0942. The van der Waals surface area contributed by atoms with E-state index >= 15 is 0 Å². The van der Waals surface area contributed by atoms with Gasteiger partial charge in [0.1, 0.15) is 5.75 Å². The van der Waals surface area contributed by atoms with E-state index in [1.54, 1.807) is 6.07 Å². The van der Waals surface area contributed by atoms with E-state index < -0.39 is 0 Å². The molecule has 1 N–H and O–H groups in total. The average Bonchev–Trinajstić information content (AvgIpc) is 3.69. The van der Waals surface area contributed by atoms with Crippen molar-refractivity contribution in [3.63, 3.8) is 0 Å². The molecule has 0 unspecified atom stereocenters. The number of hydrogen-bond acceptors (Lipinski definition) is 5. The largest absolute Gasteiger partial charge is 0.493 e. The lowest BCUT2D eigenvalue weighted by Gasteiger charge is -2.12. The molecule has 0 saturated heterocycles.